The minimum Gasteiger partial charge on any atom is -0.444 e. The molecule has 0 radical (unpaired) electrons. The SMILES string of the molecule is CC(C)(C)OC(=O)N1CCC(Cc2ccc(-c3ccccc3)cc2)(C(=O)NCC2CCCCC2)CC1. The van der Waals surface area contributed by atoms with Crippen LogP contribution in [-0.4, -0.2) is 42.1 Å². The van der Waals surface area contributed by atoms with Crippen LogP contribution < -0.4 is 5.32 Å². The highest BCUT2D eigenvalue weighted by Gasteiger charge is 2.43. The van der Waals surface area contributed by atoms with Gasteiger partial charge in [0.05, 0.1) is 5.41 Å². The average molecular weight is 491 g/mol. The van der Waals surface area contributed by atoms with Crippen molar-refractivity contribution in [1.82, 2.24) is 10.2 Å². The Balaban J connectivity index is 1.47. The van der Waals surface area contributed by atoms with Gasteiger partial charge in [0.25, 0.3) is 0 Å². The Labute approximate surface area is 216 Å². The molecular formula is C31H42N2O3. The van der Waals surface area contributed by atoms with Crippen LogP contribution in [0.4, 0.5) is 4.79 Å². The molecule has 194 valence electrons. The van der Waals surface area contributed by atoms with Gasteiger partial charge in [-0.1, -0.05) is 73.9 Å². The van der Waals surface area contributed by atoms with Crippen molar-refractivity contribution in [2.24, 2.45) is 11.3 Å². The lowest BCUT2D eigenvalue weighted by atomic mass is 9.72. The highest BCUT2D eigenvalue weighted by atomic mass is 16.6. The number of rotatable bonds is 6. The lowest BCUT2D eigenvalue weighted by Crippen LogP contribution is -2.52. The van der Waals surface area contributed by atoms with Crippen LogP contribution in [0, 0.1) is 11.3 Å². The number of nitrogens with zero attached hydrogens (tertiary/aromatic N) is 1. The number of nitrogens with one attached hydrogen (secondary N) is 1. The Kier molecular flexibility index (Phi) is 8.38. The summed E-state index contributed by atoms with van der Waals surface area (Å²) in [6.45, 7) is 7.50. The first-order valence-corrected chi connectivity index (χ1v) is 13.6. The summed E-state index contributed by atoms with van der Waals surface area (Å²) >= 11 is 0. The molecule has 0 aromatic heterocycles. The van der Waals surface area contributed by atoms with Gasteiger partial charge in [0, 0.05) is 19.6 Å². The maximum Gasteiger partial charge on any atom is 0.410 e. The van der Waals surface area contributed by atoms with Crippen molar-refractivity contribution in [1.29, 1.82) is 0 Å². The highest BCUT2D eigenvalue weighted by Crippen LogP contribution is 2.37. The van der Waals surface area contributed by atoms with E-state index in [9.17, 15) is 9.59 Å². The molecule has 5 nitrogen and oxygen atoms in total. The van der Waals surface area contributed by atoms with Gasteiger partial charge in [-0.15, -0.1) is 0 Å². The van der Waals surface area contributed by atoms with E-state index in [1.807, 2.05) is 39.0 Å². The van der Waals surface area contributed by atoms with Crippen LogP contribution in [-0.2, 0) is 16.0 Å². The topological polar surface area (TPSA) is 58.6 Å². The standard InChI is InChI=1S/C31H42N2O3/c1-30(2,3)36-29(35)33-20-18-31(19-21-33,28(34)32-23-25-10-6-4-7-11-25)22-24-14-16-27(17-15-24)26-12-8-5-9-13-26/h5,8-9,12-17,25H,4,6-7,10-11,18-23H2,1-3H3,(H,32,34). The minimum absolute atomic E-state index is 0.143. The molecule has 1 N–H and O–H groups in total. The molecule has 1 saturated carbocycles. The van der Waals surface area contributed by atoms with E-state index in [1.165, 1.54) is 43.2 Å². The second-order valence-corrected chi connectivity index (χ2v) is 11.7. The zero-order valence-corrected chi connectivity index (χ0v) is 22.2. The second kappa shape index (κ2) is 11.5. The van der Waals surface area contributed by atoms with Gasteiger partial charge in [-0.05, 0) is 75.5 Å². The van der Waals surface area contributed by atoms with E-state index in [1.54, 1.807) is 4.90 Å². The molecule has 1 heterocycles. The van der Waals surface area contributed by atoms with E-state index in [0.29, 0.717) is 38.3 Å². The van der Waals surface area contributed by atoms with Gasteiger partial charge in [0.15, 0.2) is 0 Å². The molecule has 2 aromatic rings. The molecule has 0 spiro atoms. The number of piperidine rings is 1. The summed E-state index contributed by atoms with van der Waals surface area (Å²) in [5.74, 6) is 0.732. The molecule has 2 amide bonds. The van der Waals surface area contributed by atoms with Crippen LogP contribution in [0.1, 0.15) is 71.3 Å². The van der Waals surface area contributed by atoms with Gasteiger partial charge < -0.3 is 15.0 Å². The Hall–Kier alpha value is -2.82. The molecule has 2 aromatic carbocycles. The van der Waals surface area contributed by atoms with Crippen LogP contribution in [0.3, 0.4) is 0 Å². The fraction of sp³-hybridized carbons (Fsp3) is 0.548. The molecule has 1 saturated heterocycles. The van der Waals surface area contributed by atoms with Gasteiger partial charge in [-0.25, -0.2) is 4.79 Å². The summed E-state index contributed by atoms with van der Waals surface area (Å²) in [7, 11) is 0. The molecule has 0 bridgehead atoms. The van der Waals surface area contributed by atoms with E-state index in [-0.39, 0.29) is 12.0 Å². The van der Waals surface area contributed by atoms with E-state index >= 15 is 0 Å². The van der Waals surface area contributed by atoms with Gasteiger partial charge in [0.2, 0.25) is 5.91 Å². The van der Waals surface area contributed by atoms with Crippen molar-refractivity contribution in [2.45, 2.75) is 77.7 Å². The van der Waals surface area contributed by atoms with Crippen LogP contribution in [0.25, 0.3) is 11.1 Å². The largest absolute Gasteiger partial charge is 0.444 e. The van der Waals surface area contributed by atoms with Crippen molar-refractivity contribution >= 4 is 12.0 Å². The lowest BCUT2D eigenvalue weighted by Gasteiger charge is -2.41. The third-order valence-electron chi connectivity index (χ3n) is 7.73. The van der Waals surface area contributed by atoms with Crippen molar-refractivity contribution in [3.63, 3.8) is 0 Å². The summed E-state index contributed by atoms with van der Waals surface area (Å²) < 4.78 is 5.59. The zero-order chi connectivity index (χ0) is 25.6. The number of carbonyl (C=O) groups excluding carboxylic acids is 2. The Morgan fingerprint density at radius 2 is 1.53 bits per heavy atom. The third-order valence-corrected chi connectivity index (χ3v) is 7.73. The average Bonchev–Trinajstić information content (AvgIpc) is 2.88. The number of benzene rings is 2. The molecule has 36 heavy (non-hydrogen) atoms. The Morgan fingerprint density at radius 1 is 0.917 bits per heavy atom. The predicted molar refractivity (Wildman–Crippen MR) is 145 cm³/mol. The smallest absolute Gasteiger partial charge is 0.410 e. The fourth-order valence-electron chi connectivity index (χ4n) is 5.58. The fourth-order valence-corrected chi connectivity index (χ4v) is 5.58. The first-order valence-electron chi connectivity index (χ1n) is 13.6. The summed E-state index contributed by atoms with van der Waals surface area (Å²) in [5.41, 5.74) is 2.49. The highest BCUT2D eigenvalue weighted by molar-refractivity contribution is 5.83. The van der Waals surface area contributed by atoms with Gasteiger partial charge in [-0.3, -0.25) is 4.79 Å². The number of carbonyl (C=O) groups is 2. The number of hydrogen-bond donors (Lipinski definition) is 1. The summed E-state index contributed by atoms with van der Waals surface area (Å²) in [6.07, 6.45) is 7.95. The summed E-state index contributed by atoms with van der Waals surface area (Å²) in [4.78, 5) is 28.1. The van der Waals surface area contributed by atoms with Crippen LogP contribution in [0.5, 0.6) is 0 Å². The maximum absolute atomic E-state index is 13.7. The van der Waals surface area contributed by atoms with Crippen molar-refractivity contribution < 1.29 is 14.3 Å². The predicted octanol–water partition coefficient (Wildman–Crippen LogP) is 6.61. The van der Waals surface area contributed by atoms with E-state index in [0.717, 1.165) is 12.1 Å². The number of ether oxygens (including phenoxy) is 1. The maximum atomic E-state index is 13.7. The first-order chi connectivity index (χ1) is 17.2. The Bertz CT molecular complexity index is 996. The van der Waals surface area contributed by atoms with E-state index in [2.05, 4.69) is 41.7 Å². The van der Waals surface area contributed by atoms with Gasteiger partial charge in [0.1, 0.15) is 5.60 Å². The number of hydrogen-bond acceptors (Lipinski definition) is 3. The molecule has 1 aliphatic heterocycles. The normalized spacial score (nSPS) is 18.5. The molecule has 5 heteroatoms. The van der Waals surface area contributed by atoms with Crippen molar-refractivity contribution in [3.8, 4) is 11.1 Å². The molecule has 4 rings (SSSR count). The zero-order valence-electron chi connectivity index (χ0n) is 22.2. The third kappa shape index (κ3) is 6.89. The number of likely N-dealkylation sites (tertiary alicyclic amines) is 1. The molecule has 0 unspecified atom stereocenters. The molecule has 1 aliphatic carbocycles. The molecular weight excluding hydrogens is 448 g/mol. The lowest BCUT2D eigenvalue weighted by molar-refractivity contribution is -0.134. The van der Waals surface area contributed by atoms with Crippen LogP contribution >= 0.6 is 0 Å². The van der Waals surface area contributed by atoms with Crippen LogP contribution in [0.2, 0.25) is 0 Å². The molecule has 0 atom stereocenters. The monoisotopic (exact) mass is 490 g/mol. The van der Waals surface area contributed by atoms with Crippen molar-refractivity contribution in [2.75, 3.05) is 19.6 Å². The minimum atomic E-state index is -0.524. The van der Waals surface area contributed by atoms with E-state index < -0.39 is 11.0 Å². The van der Waals surface area contributed by atoms with Gasteiger partial charge >= 0.3 is 6.09 Å². The summed E-state index contributed by atoms with van der Waals surface area (Å²) in [5, 5.41) is 3.33. The van der Waals surface area contributed by atoms with E-state index in [4.69, 9.17) is 4.74 Å². The summed E-state index contributed by atoms with van der Waals surface area (Å²) in [6, 6.07) is 18.9. The van der Waals surface area contributed by atoms with Crippen molar-refractivity contribution in [3.05, 3.63) is 60.2 Å². The van der Waals surface area contributed by atoms with Crippen LogP contribution in [0.15, 0.2) is 54.6 Å². The number of amides is 2. The molecule has 2 fully saturated rings. The second-order valence-electron chi connectivity index (χ2n) is 11.7. The van der Waals surface area contributed by atoms with Gasteiger partial charge in [-0.2, -0.15) is 0 Å². The first kappa shape index (κ1) is 26.2. The molecule has 2 aliphatic rings. The Morgan fingerprint density at radius 3 is 2.14 bits per heavy atom. The quantitative estimate of drug-likeness (QED) is 0.496.